The molecule has 0 fully saturated rings. The third-order valence-electron chi connectivity index (χ3n) is 5.88. The van der Waals surface area contributed by atoms with Gasteiger partial charge in [0.1, 0.15) is 18.9 Å². The van der Waals surface area contributed by atoms with Gasteiger partial charge in [0.15, 0.2) is 0 Å². The molecule has 4 aromatic rings. The van der Waals surface area contributed by atoms with Crippen molar-refractivity contribution in [2.45, 2.75) is 13.1 Å². The molecule has 1 aliphatic rings. The highest BCUT2D eigenvalue weighted by atomic mass is 35.5. The van der Waals surface area contributed by atoms with E-state index in [0.717, 1.165) is 11.1 Å². The van der Waals surface area contributed by atoms with E-state index in [1.807, 2.05) is 48.5 Å². The second kappa shape index (κ2) is 10.8. The number of carbonyl (C=O) groups excluding carboxylic acids is 2. The van der Waals surface area contributed by atoms with Crippen molar-refractivity contribution in [2.24, 2.45) is 0 Å². The summed E-state index contributed by atoms with van der Waals surface area (Å²) in [5.41, 5.74) is 2.44. The van der Waals surface area contributed by atoms with Gasteiger partial charge in [-0.1, -0.05) is 48.0 Å². The Morgan fingerprint density at radius 2 is 1.81 bits per heavy atom. The van der Waals surface area contributed by atoms with Gasteiger partial charge in [-0.15, -0.1) is 10.2 Å². The highest BCUT2D eigenvalue weighted by Gasteiger charge is 2.31. The fourth-order valence-corrected chi connectivity index (χ4v) is 4.34. The van der Waals surface area contributed by atoms with Crippen molar-refractivity contribution in [3.05, 3.63) is 94.8 Å². The fraction of sp³-hybridized carbons (Fsp3) is 0.185. The molecule has 2 amide bonds. The number of nitrogens with zero attached hydrogens (tertiary/aromatic N) is 4. The summed E-state index contributed by atoms with van der Waals surface area (Å²) in [6.45, 7) is 0.157. The maximum Gasteiger partial charge on any atom is 0.260 e. The van der Waals surface area contributed by atoms with Crippen LogP contribution in [-0.4, -0.2) is 51.8 Å². The molecule has 0 saturated heterocycles. The Morgan fingerprint density at radius 3 is 2.59 bits per heavy atom. The number of benzene rings is 3. The lowest BCUT2D eigenvalue weighted by atomic mass is 10.1. The highest BCUT2D eigenvalue weighted by Crippen LogP contribution is 2.31. The van der Waals surface area contributed by atoms with Crippen LogP contribution in [0.25, 0.3) is 11.5 Å². The number of aliphatic hydroxyl groups is 1. The number of hydrogen-bond acceptors (Lipinski definition) is 7. The number of para-hydroxylation sites is 1. The summed E-state index contributed by atoms with van der Waals surface area (Å²) in [7, 11) is 0. The molecule has 5 rings (SSSR count). The Bertz CT molecular complexity index is 1430. The summed E-state index contributed by atoms with van der Waals surface area (Å²) in [5, 5.41) is 17.4. The lowest BCUT2D eigenvalue weighted by Crippen LogP contribution is -2.40. The number of amides is 2. The molecule has 188 valence electrons. The molecule has 1 N–H and O–H groups in total. The molecule has 1 aliphatic heterocycles. The molecule has 0 unspecified atom stereocenters. The summed E-state index contributed by atoms with van der Waals surface area (Å²) in [5.74, 6) is 0.416. The lowest BCUT2D eigenvalue weighted by molar-refractivity contribution is -0.131. The number of rotatable bonds is 7. The second-order valence-electron chi connectivity index (χ2n) is 8.35. The molecule has 3 aromatic carbocycles. The number of aliphatic hydroxyl groups excluding tert-OH is 1. The largest absolute Gasteiger partial charge is 0.491 e. The molecule has 2 heterocycles. The van der Waals surface area contributed by atoms with E-state index in [2.05, 4.69) is 10.2 Å². The monoisotopic (exact) mass is 518 g/mol. The van der Waals surface area contributed by atoms with Crippen LogP contribution in [0.5, 0.6) is 5.75 Å². The van der Waals surface area contributed by atoms with E-state index >= 15 is 0 Å². The molecule has 0 aliphatic carbocycles. The van der Waals surface area contributed by atoms with Gasteiger partial charge in [0.25, 0.3) is 5.91 Å². The van der Waals surface area contributed by atoms with Gasteiger partial charge < -0.3 is 19.2 Å². The zero-order chi connectivity index (χ0) is 25.8. The minimum Gasteiger partial charge on any atom is -0.491 e. The van der Waals surface area contributed by atoms with E-state index in [-0.39, 0.29) is 49.3 Å². The van der Waals surface area contributed by atoms with Crippen molar-refractivity contribution in [1.29, 1.82) is 0 Å². The zero-order valence-electron chi connectivity index (χ0n) is 19.7. The molecule has 0 saturated carbocycles. The number of carbonyl (C=O) groups is 2. The lowest BCUT2D eigenvalue weighted by Gasteiger charge is -2.23. The smallest absolute Gasteiger partial charge is 0.260 e. The first-order valence-corrected chi connectivity index (χ1v) is 12.0. The quantitative estimate of drug-likeness (QED) is 0.394. The first kappa shape index (κ1) is 24.5. The van der Waals surface area contributed by atoms with Crippen LogP contribution in [0.1, 0.15) is 21.8 Å². The van der Waals surface area contributed by atoms with Gasteiger partial charge in [-0.2, -0.15) is 0 Å². The third-order valence-corrected chi connectivity index (χ3v) is 6.19. The van der Waals surface area contributed by atoms with E-state index < -0.39 is 5.91 Å². The Hall–Kier alpha value is -4.21. The van der Waals surface area contributed by atoms with Gasteiger partial charge in [0.05, 0.1) is 23.7 Å². The summed E-state index contributed by atoms with van der Waals surface area (Å²) < 4.78 is 11.2. The van der Waals surface area contributed by atoms with Gasteiger partial charge in [-0.25, -0.2) is 0 Å². The Kier molecular flexibility index (Phi) is 7.16. The van der Waals surface area contributed by atoms with Gasteiger partial charge >= 0.3 is 0 Å². The first-order valence-electron chi connectivity index (χ1n) is 11.6. The minimum absolute atomic E-state index is 0.104. The van der Waals surface area contributed by atoms with Gasteiger partial charge in [0.2, 0.25) is 17.7 Å². The predicted octanol–water partition coefficient (Wildman–Crippen LogP) is 3.95. The van der Waals surface area contributed by atoms with E-state index in [1.54, 1.807) is 23.1 Å². The molecule has 1 aromatic heterocycles. The average molecular weight is 519 g/mol. The summed E-state index contributed by atoms with van der Waals surface area (Å²) in [6.07, 6.45) is 0. The summed E-state index contributed by atoms with van der Waals surface area (Å²) >= 11 is 6.40. The number of ether oxygens (including phenoxy) is 1. The molecule has 0 atom stereocenters. The first-order chi connectivity index (χ1) is 18.0. The SMILES string of the molecule is O=C1CN(C(=O)c2ccc(OCCO)cc2Cl)c2ccccc2CN1Cc1nnc(-c2ccccc2)o1. The minimum atomic E-state index is -0.412. The van der Waals surface area contributed by atoms with Crippen LogP contribution in [0.3, 0.4) is 0 Å². The number of fused-ring (bicyclic) bond motifs is 1. The van der Waals surface area contributed by atoms with E-state index in [0.29, 0.717) is 23.2 Å². The number of aromatic nitrogens is 2. The standard InChI is InChI=1S/C27H23ClN4O5/c28-22-14-20(36-13-12-33)10-11-21(22)27(35)32-17-25(34)31(15-19-8-4-5-9-23(19)32)16-24-29-30-26(37-24)18-6-2-1-3-7-18/h1-11,14,33H,12-13,15-17H2. The highest BCUT2D eigenvalue weighted by molar-refractivity contribution is 6.34. The Labute approximate surface area is 217 Å². The maximum absolute atomic E-state index is 13.6. The zero-order valence-corrected chi connectivity index (χ0v) is 20.5. The Morgan fingerprint density at radius 1 is 1.03 bits per heavy atom. The van der Waals surface area contributed by atoms with Crippen LogP contribution in [0, 0.1) is 0 Å². The average Bonchev–Trinajstić information content (AvgIpc) is 3.34. The molecular formula is C27H23ClN4O5. The van der Waals surface area contributed by atoms with Gasteiger partial charge in [-0.05, 0) is 42.0 Å². The van der Waals surface area contributed by atoms with Crippen molar-refractivity contribution in [3.63, 3.8) is 0 Å². The van der Waals surface area contributed by atoms with Crippen LogP contribution in [0.4, 0.5) is 5.69 Å². The predicted molar refractivity (Wildman–Crippen MR) is 136 cm³/mol. The van der Waals surface area contributed by atoms with Crippen LogP contribution in [0.2, 0.25) is 5.02 Å². The van der Waals surface area contributed by atoms with Crippen LogP contribution in [-0.2, 0) is 17.9 Å². The normalized spacial score (nSPS) is 13.3. The summed E-state index contributed by atoms with van der Waals surface area (Å²) in [6, 6.07) is 21.4. The van der Waals surface area contributed by atoms with Crippen molar-refractivity contribution in [2.75, 3.05) is 24.7 Å². The van der Waals surface area contributed by atoms with Crippen LogP contribution in [0.15, 0.2) is 77.2 Å². The Balaban J connectivity index is 1.39. The van der Waals surface area contributed by atoms with Crippen LogP contribution >= 0.6 is 11.6 Å². The summed E-state index contributed by atoms with van der Waals surface area (Å²) in [4.78, 5) is 29.9. The van der Waals surface area contributed by atoms with Gasteiger partial charge in [0, 0.05) is 17.8 Å². The van der Waals surface area contributed by atoms with E-state index in [4.69, 9.17) is 25.9 Å². The van der Waals surface area contributed by atoms with Crippen molar-refractivity contribution in [3.8, 4) is 17.2 Å². The fourth-order valence-electron chi connectivity index (χ4n) is 4.09. The van der Waals surface area contributed by atoms with Crippen molar-refractivity contribution >= 4 is 29.1 Å². The van der Waals surface area contributed by atoms with Crippen molar-refractivity contribution < 1.29 is 23.8 Å². The second-order valence-corrected chi connectivity index (χ2v) is 8.76. The van der Waals surface area contributed by atoms with E-state index in [1.165, 1.54) is 11.0 Å². The third kappa shape index (κ3) is 5.32. The molecule has 0 radical (unpaired) electrons. The molecule has 10 heteroatoms. The maximum atomic E-state index is 13.6. The molecular weight excluding hydrogens is 496 g/mol. The van der Waals surface area contributed by atoms with E-state index in [9.17, 15) is 9.59 Å². The van der Waals surface area contributed by atoms with Gasteiger partial charge in [-0.3, -0.25) is 14.5 Å². The number of anilines is 1. The molecule has 0 bridgehead atoms. The van der Waals surface area contributed by atoms with Crippen LogP contribution < -0.4 is 9.64 Å². The molecule has 0 spiro atoms. The molecule has 9 nitrogen and oxygen atoms in total. The van der Waals surface area contributed by atoms with Crippen molar-refractivity contribution in [1.82, 2.24) is 15.1 Å². The number of halogens is 1. The molecule has 37 heavy (non-hydrogen) atoms. The topological polar surface area (TPSA) is 109 Å². The number of hydrogen-bond donors (Lipinski definition) is 1.